The number of benzene rings is 1. The van der Waals surface area contributed by atoms with Crippen LogP contribution in [-0.2, 0) is 0 Å². The van der Waals surface area contributed by atoms with Crippen molar-refractivity contribution in [3.8, 4) is 0 Å². The summed E-state index contributed by atoms with van der Waals surface area (Å²) in [6, 6.07) is 2.73. The van der Waals surface area contributed by atoms with Crippen LogP contribution in [0.2, 0.25) is 0 Å². The van der Waals surface area contributed by atoms with Gasteiger partial charge in [0.1, 0.15) is 0 Å². The Hall–Kier alpha value is -0.330. The van der Waals surface area contributed by atoms with Crippen LogP contribution < -0.4 is 0 Å². The van der Waals surface area contributed by atoms with Gasteiger partial charge in [-0.3, -0.25) is 0 Å². The van der Waals surface area contributed by atoms with Crippen molar-refractivity contribution in [3.05, 3.63) is 33.4 Å². The summed E-state index contributed by atoms with van der Waals surface area (Å²) in [5, 5.41) is 0. The van der Waals surface area contributed by atoms with Crippen LogP contribution >= 0.6 is 21.0 Å². The fourth-order valence-corrected chi connectivity index (χ4v) is 1.75. The molecule has 11 heavy (non-hydrogen) atoms. The molecule has 0 aliphatic rings. The summed E-state index contributed by atoms with van der Waals surface area (Å²) >= 11 is -4.52. The van der Waals surface area contributed by atoms with E-state index < -0.39 is 36.2 Å². The monoisotopic (exact) mass is 278 g/mol. The van der Waals surface area contributed by atoms with E-state index in [2.05, 4.69) is 0 Å². The van der Waals surface area contributed by atoms with Crippen molar-refractivity contribution in [3.63, 3.8) is 0 Å². The van der Waals surface area contributed by atoms with Crippen LogP contribution in [0.1, 0.15) is 0 Å². The van der Waals surface area contributed by atoms with E-state index in [1.54, 1.807) is 0 Å². The number of rotatable bonds is 1. The van der Waals surface area contributed by atoms with Crippen LogP contribution in [0.4, 0.5) is 14.5 Å². The Kier molecular flexibility index (Phi) is 2.69. The molecule has 0 nitrogen and oxygen atoms in total. The van der Waals surface area contributed by atoms with Gasteiger partial charge < -0.3 is 0 Å². The second-order valence-electron chi connectivity index (χ2n) is 1.73. The average Bonchev–Trinajstić information content (AvgIpc) is 1.85. The molecular weight excluding hydrogens is 275 g/mol. The molecule has 0 spiro atoms. The molecule has 62 valence electrons. The molecule has 0 aliphatic carbocycles. The molecule has 0 saturated heterocycles. The number of hydrogen-bond donors (Lipinski definition) is 0. The zero-order valence-electron chi connectivity index (χ0n) is 5.12. The summed E-state index contributed by atoms with van der Waals surface area (Å²) in [5.74, 6) is -2.28. The molecule has 0 bridgehead atoms. The zero-order chi connectivity index (χ0) is 8.43. The van der Waals surface area contributed by atoms with Crippen molar-refractivity contribution in [2.24, 2.45) is 0 Å². The van der Waals surface area contributed by atoms with Gasteiger partial charge in [-0.2, -0.15) is 0 Å². The van der Waals surface area contributed by atoms with Crippen LogP contribution in [0.3, 0.4) is 0 Å². The van der Waals surface area contributed by atoms with Gasteiger partial charge in [0.25, 0.3) is 0 Å². The molecule has 0 saturated carbocycles. The summed E-state index contributed by atoms with van der Waals surface area (Å²) in [4.78, 5) is 0. The van der Waals surface area contributed by atoms with E-state index in [4.69, 9.17) is 0 Å². The van der Waals surface area contributed by atoms with E-state index in [9.17, 15) is 14.5 Å². The Balaban J connectivity index is 3.21. The molecular formula is C6H3F4I. The third-order valence-corrected chi connectivity index (χ3v) is 2.89. The molecule has 0 radical (unpaired) electrons. The van der Waals surface area contributed by atoms with Gasteiger partial charge in [-0.05, 0) is 0 Å². The van der Waals surface area contributed by atoms with Crippen LogP contribution in [0.25, 0.3) is 0 Å². The standard InChI is InChI=1S/C6H3F4I/c7-4-2-1-3-5(8)6(4)11(9)10/h1-3H. The van der Waals surface area contributed by atoms with Crippen molar-refractivity contribution in [1.29, 1.82) is 0 Å². The molecule has 5 heteroatoms. The predicted octanol–water partition coefficient (Wildman–Crippen LogP) is 3.41. The van der Waals surface area contributed by atoms with Crippen molar-refractivity contribution < 1.29 is 14.5 Å². The summed E-state index contributed by atoms with van der Waals surface area (Å²) in [5.41, 5.74) is 0. The van der Waals surface area contributed by atoms with Crippen LogP contribution in [0.5, 0.6) is 0 Å². The first-order chi connectivity index (χ1) is 5.13. The van der Waals surface area contributed by atoms with Gasteiger partial charge in [-0.1, -0.05) is 0 Å². The maximum absolute atomic E-state index is 12.4. The van der Waals surface area contributed by atoms with Crippen LogP contribution in [0.15, 0.2) is 18.2 Å². The van der Waals surface area contributed by atoms with Gasteiger partial charge in [-0.25, -0.2) is 0 Å². The Morgan fingerprint density at radius 1 is 1.00 bits per heavy atom. The Morgan fingerprint density at radius 3 is 1.73 bits per heavy atom. The molecule has 0 fully saturated rings. The summed E-state index contributed by atoms with van der Waals surface area (Å²) in [6.45, 7) is 0. The van der Waals surface area contributed by atoms with Gasteiger partial charge in [0.15, 0.2) is 0 Å². The quantitative estimate of drug-likeness (QED) is 0.419. The third-order valence-electron chi connectivity index (χ3n) is 1.05. The summed E-state index contributed by atoms with van der Waals surface area (Å²) in [7, 11) is 0. The van der Waals surface area contributed by atoms with Crippen molar-refractivity contribution >= 4 is 21.0 Å². The van der Waals surface area contributed by atoms with Gasteiger partial charge in [-0.15, -0.1) is 0 Å². The summed E-state index contributed by atoms with van der Waals surface area (Å²) < 4.78 is 47.8. The molecule has 0 aromatic heterocycles. The molecule has 0 heterocycles. The third kappa shape index (κ3) is 1.82. The first kappa shape index (κ1) is 8.76. The topological polar surface area (TPSA) is 0 Å². The second-order valence-corrected chi connectivity index (χ2v) is 3.93. The minimum atomic E-state index is -4.52. The Bertz CT molecular complexity index is 241. The maximum atomic E-state index is 12.4. The fourth-order valence-electron chi connectivity index (χ4n) is 0.614. The van der Waals surface area contributed by atoms with E-state index in [0.29, 0.717) is 0 Å². The van der Waals surface area contributed by atoms with Crippen LogP contribution in [0, 0.1) is 15.2 Å². The molecule has 0 N–H and O–H groups in total. The SMILES string of the molecule is Fc1cccc(F)c1I(F)F. The van der Waals surface area contributed by atoms with Crippen LogP contribution in [-0.4, -0.2) is 0 Å². The van der Waals surface area contributed by atoms with E-state index in [1.807, 2.05) is 0 Å². The fraction of sp³-hybridized carbons (Fsp3) is 0. The molecule has 1 aromatic carbocycles. The summed E-state index contributed by atoms with van der Waals surface area (Å²) in [6.07, 6.45) is 0. The molecule has 1 rings (SSSR count). The zero-order valence-corrected chi connectivity index (χ0v) is 7.28. The van der Waals surface area contributed by atoms with E-state index >= 15 is 0 Å². The molecule has 0 unspecified atom stereocenters. The van der Waals surface area contributed by atoms with Gasteiger partial charge in [0.05, 0.1) is 0 Å². The molecule has 0 aliphatic heterocycles. The van der Waals surface area contributed by atoms with E-state index in [0.717, 1.165) is 18.2 Å². The number of halogens is 5. The molecule has 0 atom stereocenters. The minimum absolute atomic E-state index is 0.835. The number of hydrogen-bond acceptors (Lipinski definition) is 0. The van der Waals surface area contributed by atoms with Gasteiger partial charge in [0, 0.05) is 0 Å². The predicted molar refractivity (Wildman–Crippen MR) is 41.3 cm³/mol. The van der Waals surface area contributed by atoms with Crippen molar-refractivity contribution in [1.82, 2.24) is 0 Å². The Labute approximate surface area is 69.2 Å². The Morgan fingerprint density at radius 2 is 1.45 bits per heavy atom. The molecule has 1 aromatic rings. The first-order valence-corrected chi connectivity index (χ1v) is 5.31. The van der Waals surface area contributed by atoms with E-state index in [1.165, 1.54) is 0 Å². The van der Waals surface area contributed by atoms with Crippen molar-refractivity contribution in [2.75, 3.05) is 0 Å². The van der Waals surface area contributed by atoms with Crippen molar-refractivity contribution in [2.45, 2.75) is 0 Å². The van der Waals surface area contributed by atoms with Gasteiger partial charge >= 0.3 is 68.9 Å². The van der Waals surface area contributed by atoms with Gasteiger partial charge in [0.2, 0.25) is 0 Å². The first-order valence-electron chi connectivity index (χ1n) is 2.60. The second kappa shape index (κ2) is 3.38. The average molecular weight is 278 g/mol. The van der Waals surface area contributed by atoms with E-state index in [-0.39, 0.29) is 0 Å². The normalized spacial score (nSPS) is 11.5. The molecule has 0 amide bonds.